The van der Waals surface area contributed by atoms with Gasteiger partial charge in [0.2, 0.25) is 6.79 Å². The van der Waals surface area contributed by atoms with Gasteiger partial charge in [-0.25, -0.2) is 0 Å². The van der Waals surface area contributed by atoms with Crippen molar-refractivity contribution in [2.24, 2.45) is 5.92 Å². The van der Waals surface area contributed by atoms with Crippen molar-refractivity contribution >= 4 is 5.78 Å². The van der Waals surface area contributed by atoms with Gasteiger partial charge in [0.1, 0.15) is 0 Å². The van der Waals surface area contributed by atoms with Crippen LogP contribution in [0, 0.1) is 5.92 Å². The van der Waals surface area contributed by atoms with Crippen LogP contribution in [0.15, 0.2) is 18.2 Å². The van der Waals surface area contributed by atoms with Gasteiger partial charge in [-0.1, -0.05) is 6.92 Å². The molecule has 3 rings (SSSR count). The van der Waals surface area contributed by atoms with Gasteiger partial charge in [0, 0.05) is 18.7 Å². The molecule has 1 aromatic carbocycles. The number of rotatable bonds is 3. The van der Waals surface area contributed by atoms with E-state index in [2.05, 4.69) is 4.90 Å². The number of hydrogen-bond donors (Lipinski definition) is 1. The molecule has 0 saturated carbocycles. The van der Waals surface area contributed by atoms with E-state index in [1.807, 2.05) is 6.92 Å². The Labute approximate surface area is 118 Å². The van der Waals surface area contributed by atoms with E-state index in [0.717, 1.165) is 19.5 Å². The van der Waals surface area contributed by atoms with Crippen LogP contribution in [-0.2, 0) is 0 Å². The smallest absolute Gasteiger partial charge is 0.231 e. The highest BCUT2D eigenvalue weighted by Crippen LogP contribution is 2.32. The minimum absolute atomic E-state index is 0.0758. The van der Waals surface area contributed by atoms with E-state index in [1.54, 1.807) is 18.2 Å². The number of likely N-dealkylation sites (tertiary alicyclic amines) is 1. The number of nitrogens with zero attached hydrogens (tertiary/aromatic N) is 1. The molecule has 0 radical (unpaired) electrons. The quantitative estimate of drug-likeness (QED) is 0.844. The molecule has 1 saturated heterocycles. The monoisotopic (exact) mass is 277 g/mol. The fraction of sp³-hybridized carbons (Fsp3) is 0.533. The fourth-order valence-electron chi connectivity index (χ4n) is 2.73. The lowest BCUT2D eigenvalue weighted by Gasteiger charge is -2.33. The molecular formula is C15H19NO4. The lowest BCUT2D eigenvalue weighted by molar-refractivity contribution is 0.0344. The number of ketones is 1. The van der Waals surface area contributed by atoms with E-state index in [0.29, 0.717) is 23.6 Å². The van der Waals surface area contributed by atoms with Crippen LogP contribution in [0.4, 0.5) is 0 Å². The number of ether oxygens (including phenoxy) is 2. The SMILES string of the molecule is CC1CN(CC(=O)c2ccc3c(c2)OCO3)CCC1O. The van der Waals surface area contributed by atoms with Crippen LogP contribution in [0.25, 0.3) is 0 Å². The Morgan fingerprint density at radius 2 is 2.20 bits per heavy atom. The molecule has 0 amide bonds. The topological polar surface area (TPSA) is 59.0 Å². The molecule has 2 unspecified atom stereocenters. The molecule has 0 aliphatic carbocycles. The number of carbonyl (C=O) groups is 1. The van der Waals surface area contributed by atoms with E-state index in [-0.39, 0.29) is 24.6 Å². The van der Waals surface area contributed by atoms with E-state index in [9.17, 15) is 9.90 Å². The molecule has 1 N–H and O–H groups in total. The summed E-state index contributed by atoms with van der Waals surface area (Å²) in [5.74, 6) is 1.62. The molecule has 2 heterocycles. The number of fused-ring (bicyclic) bond motifs is 1. The maximum Gasteiger partial charge on any atom is 0.231 e. The average molecular weight is 277 g/mol. The van der Waals surface area contributed by atoms with Crippen molar-refractivity contribution in [1.82, 2.24) is 4.90 Å². The first kappa shape index (κ1) is 13.4. The molecule has 108 valence electrons. The highest BCUT2D eigenvalue weighted by molar-refractivity contribution is 5.98. The second kappa shape index (κ2) is 5.42. The Balaban J connectivity index is 1.65. The lowest BCUT2D eigenvalue weighted by atomic mass is 9.96. The molecule has 0 aromatic heterocycles. The zero-order chi connectivity index (χ0) is 14.1. The molecule has 0 spiro atoms. The number of piperidine rings is 1. The molecule has 20 heavy (non-hydrogen) atoms. The van der Waals surface area contributed by atoms with Crippen LogP contribution in [0.3, 0.4) is 0 Å². The first-order valence-electron chi connectivity index (χ1n) is 6.97. The van der Waals surface area contributed by atoms with E-state index in [4.69, 9.17) is 9.47 Å². The molecular weight excluding hydrogens is 258 g/mol. The molecule has 2 atom stereocenters. The van der Waals surface area contributed by atoms with Gasteiger partial charge in [-0.2, -0.15) is 0 Å². The summed E-state index contributed by atoms with van der Waals surface area (Å²) in [5.41, 5.74) is 0.646. The molecule has 5 nitrogen and oxygen atoms in total. The van der Waals surface area contributed by atoms with E-state index in [1.165, 1.54) is 0 Å². The number of aliphatic hydroxyl groups is 1. The number of hydrogen-bond acceptors (Lipinski definition) is 5. The highest BCUT2D eigenvalue weighted by atomic mass is 16.7. The van der Waals surface area contributed by atoms with Gasteiger partial charge in [0.15, 0.2) is 17.3 Å². The molecule has 2 aliphatic rings. The minimum Gasteiger partial charge on any atom is -0.454 e. The molecule has 2 aliphatic heterocycles. The van der Waals surface area contributed by atoms with Crippen molar-refractivity contribution < 1.29 is 19.4 Å². The summed E-state index contributed by atoms with van der Waals surface area (Å²) in [5, 5.41) is 9.71. The summed E-state index contributed by atoms with van der Waals surface area (Å²) in [7, 11) is 0. The van der Waals surface area contributed by atoms with E-state index >= 15 is 0 Å². The summed E-state index contributed by atoms with van der Waals surface area (Å²) in [6.45, 7) is 4.15. The van der Waals surface area contributed by atoms with Crippen LogP contribution >= 0.6 is 0 Å². The number of benzene rings is 1. The standard InChI is InChI=1S/C15H19NO4/c1-10-7-16(5-4-12(10)17)8-13(18)11-2-3-14-15(6-11)20-9-19-14/h2-3,6,10,12,17H,4-5,7-9H2,1H3. The highest BCUT2D eigenvalue weighted by Gasteiger charge is 2.26. The van der Waals surface area contributed by atoms with Crippen molar-refractivity contribution in [2.75, 3.05) is 26.4 Å². The second-order valence-corrected chi connectivity index (χ2v) is 5.56. The van der Waals surface area contributed by atoms with Crippen LogP contribution in [0.2, 0.25) is 0 Å². The van der Waals surface area contributed by atoms with Gasteiger partial charge in [0.05, 0.1) is 12.6 Å². The summed E-state index contributed by atoms with van der Waals surface area (Å²) < 4.78 is 10.5. The van der Waals surface area contributed by atoms with Crippen molar-refractivity contribution in [1.29, 1.82) is 0 Å². The average Bonchev–Trinajstić information content (AvgIpc) is 2.90. The van der Waals surface area contributed by atoms with Crippen LogP contribution < -0.4 is 9.47 Å². The summed E-state index contributed by atoms with van der Waals surface area (Å²) in [4.78, 5) is 14.4. The maximum atomic E-state index is 12.3. The Morgan fingerprint density at radius 3 is 3.00 bits per heavy atom. The molecule has 5 heteroatoms. The second-order valence-electron chi connectivity index (χ2n) is 5.56. The van der Waals surface area contributed by atoms with Crippen molar-refractivity contribution in [3.8, 4) is 11.5 Å². The van der Waals surface area contributed by atoms with Gasteiger partial charge in [0.25, 0.3) is 0 Å². The first-order chi connectivity index (χ1) is 9.63. The third-order valence-electron chi connectivity index (χ3n) is 4.01. The van der Waals surface area contributed by atoms with Crippen LogP contribution in [0.5, 0.6) is 11.5 Å². The Kier molecular flexibility index (Phi) is 3.63. The zero-order valence-electron chi connectivity index (χ0n) is 11.5. The van der Waals surface area contributed by atoms with E-state index < -0.39 is 0 Å². The predicted molar refractivity (Wildman–Crippen MR) is 73.1 cm³/mol. The van der Waals surface area contributed by atoms with Gasteiger partial charge in [-0.3, -0.25) is 9.69 Å². The molecule has 1 fully saturated rings. The number of aliphatic hydroxyl groups excluding tert-OH is 1. The Morgan fingerprint density at radius 1 is 1.40 bits per heavy atom. The number of carbonyl (C=O) groups excluding carboxylic acids is 1. The van der Waals surface area contributed by atoms with Gasteiger partial charge < -0.3 is 14.6 Å². The largest absolute Gasteiger partial charge is 0.454 e. The summed E-state index contributed by atoms with van der Waals surface area (Å²) in [6, 6.07) is 5.29. The summed E-state index contributed by atoms with van der Waals surface area (Å²) >= 11 is 0. The number of Topliss-reactive ketones (excluding diaryl/α,β-unsaturated/α-hetero) is 1. The van der Waals surface area contributed by atoms with Gasteiger partial charge in [-0.05, 0) is 30.5 Å². The van der Waals surface area contributed by atoms with Gasteiger partial charge in [-0.15, -0.1) is 0 Å². The zero-order valence-corrected chi connectivity index (χ0v) is 11.5. The first-order valence-corrected chi connectivity index (χ1v) is 6.97. The molecule has 1 aromatic rings. The fourth-order valence-corrected chi connectivity index (χ4v) is 2.73. The normalized spacial score (nSPS) is 25.7. The summed E-state index contributed by atoms with van der Waals surface area (Å²) in [6.07, 6.45) is 0.488. The van der Waals surface area contributed by atoms with Crippen LogP contribution in [0.1, 0.15) is 23.7 Å². The minimum atomic E-state index is -0.244. The Bertz CT molecular complexity index is 517. The lowest BCUT2D eigenvalue weighted by Crippen LogP contribution is -2.44. The van der Waals surface area contributed by atoms with Gasteiger partial charge >= 0.3 is 0 Å². The molecule has 0 bridgehead atoms. The van der Waals surface area contributed by atoms with Crippen molar-refractivity contribution in [3.05, 3.63) is 23.8 Å². The van der Waals surface area contributed by atoms with Crippen molar-refractivity contribution in [2.45, 2.75) is 19.4 Å². The van der Waals surface area contributed by atoms with Crippen LogP contribution in [-0.4, -0.2) is 48.3 Å². The third kappa shape index (κ3) is 2.64. The third-order valence-corrected chi connectivity index (χ3v) is 4.01. The maximum absolute atomic E-state index is 12.3. The Hall–Kier alpha value is -1.59. The van der Waals surface area contributed by atoms with Crippen molar-refractivity contribution in [3.63, 3.8) is 0 Å². The predicted octanol–water partition coefficient (Wildman–Crippen LogP) is 1.30.